The van der Waals surface area contributed by atoms with E-state index >= 15 is 0 Å². The highest BCUT2D eigenvalue weighted by Gasteiger charge is 2.25. The van der Waals surface area contributed by atoms with Gasteiger partial charge in [-0.1, -0.05) is 54.9 Å². The van der Waals surface area contributed by atoms with E-state index in [9.17, 15) is 0 Å². The Morgan fingerprint density at radius 2 is 2.07 bits per heavy atom. The third-order valence-electron chi connectivity index (χ3n) is 5.78. The number of ether oxygens (including phenoxy) is 1. The summed E-state index contributed by atoms with van der Waals surface area (Å²) in [7, 11) is 0. The van der Waals surface area contributed by atoms with Crippen molar-refractivity contribution in [1.82, 2.24) is 4.90 Å². The Morgan fingerprint density at radius 3 is 2.80 bits per heavy atom. The number of hydrogen-bond donors (Lipinski definition) is 1. The van der Waals surface area contributed by atoms with Crippen LogP contribution in [-0.4, -0.2) is 24.1 Å². The normalized spacial score (nSPS) is 17.0. The molecular weight excluding hydrogens is 392 g/mol. The van der Waals surface area contributed by atoms with Crippen molar-refractivity contribution in [3.8, 4) is 5.75 Å². The van der Waals surface area contributed by atoms with Gasteiger partial charge in [0.25, 0.3) is 0 Å². The fourth-order valence-electron chi connectivity index (χ4n) is 3.77. The maximum absolute atomic E-state index is 6.51. The molecule has 2 aliphatic rings. The van der Waals surface area contributed by atoms with Crippen molar-refractivity contribution in [2.24, 2.45) is 5.73 Å². The molecule has 3 nitrogen and oxygen atoms in total. The Kier molecular flexibility index (Phi) is 6.81. The van der Waals surface area contributed by atoms with E-state index in [1.54, 1.807) is 0 Å². The van der Waals surface area contributed by atoms with Crippen LogP contribution in [0, 0.1) is 6.08 Å². The maximum Gasteiger partial charge on any atom is 0.127 e. The van der Waals surface area contributed by atoms with Crippen LogP contribution in [0.25, 0.3) is 5.57 Å². The van der Waals surface area contributed by atoms with E-state index in [-0.39, 0.29) is 0 Å². The fraction of sp³-hybridized carbons (Fsp3) is 0.385. The molecule has 0 spiro atoms. The monoisotopic (exact) mass is 421 g/mol. The fourth-order valence-corrected chi connectivity index (χ4v) is 3.95. The van der Waals surface area contributed by atoms with E-state index in [2.05, 4.69) is 54.3 Å². The molecule has 0 amide bonds. The van der Waals surface area contributed by atoms with Crippen molar-refractivity contribution in [2.45, 2.75) is 51.2 Å². The smallest absolute Gasteiger partial charge is 0.127 e. The van der Waals surface area contributed by atoms with Crippen LogP contribution in [-0.2, 0) is 6.54 Å². The summed E-state index contributed by atoms with van der Waals surface area (Å²) < 4.78 is 6.08. The summed E-state index contributed by atoms with van der Waals surface area (Å²) in [4.78, 5) is 2.24. The Morgan fingerprint density at radius 1 is 1.23 bits per heavy atom. The molecule has 0 bridgehead atoms. The number of halogens is 1. The standard InChI is InChI=1S/C26H30ClN2O/c1-19(5-4-14-28)21-8-11-25(27)22(17-21)18-29-15-12-20(13-16-29)24-6-2-3-7-26(24)30-23-9-10-23/h2-3,6-8,11-12,16-17,19,23H,4-5,9-10,14-15,18,28H2,1H3. The highest BCUT2D eigenvalue weighted by molar-refractivity contribution is 6.31. The molecule has 157 valence electrons. The molecule has 30 heavy (non-hydrogen) atoms. The molecule has 1 aliphatic carbocycles. The Hall–Kier alpha value is -2.23. The molecule has 2 aromatic carbocycles. The van der Waals surface area contributed by atoms with E-state index in [0.717, 1.165) is 72.8 Å². The van der Waals surface area contributed by atoms with Gasteiger partial charge in [-0.3, -0.25) is 0 Å². The lowest BCUT2D eigenvalue weighted by molar-refractivity contribution is 0.302. The molecule has 1 atom stereocenters. The molecule has 1 saturated carbocycles. The average Bonchev–Trinajstić information content (AvgIpc) is 3.59. The number of hydrogen-bond acceptors (Lipinski definition) is 3. The summed E-state index contributed by atoms with van der Waals surface area (Å²) in [6.45, 7) is 4.59. The van der Waals surface area contributed by atoms with Crippen molar-refractivity contribution in [1.29, 1.82) is 0 Å². The molecule has 0 saturated heterocycles. The highest BCUT2D eigenvalue weighted by Crippen LogP contribution is 2.34. The van der Waals surface area contributed by atoms with Gasteiger partial charge in [0.1, 0.15) is 5.75 Å². The number of allylic oxidation sites excluding steroid dienone is 2. The number of rotatable bonds is 9. The molecule has 2 N–H and O–H groups in total. The van der Waals surface area contributed by atoms with Crippen molar-refractivity contribution < 1.29 is 4.74 Å². The molecule has 0 aromatic heterocycles. The second kappa shape index (κ2) is 9.72. The molecular formula is C26H30ClN2O. The SMILES string of the molecule is CC(CCCN)c1ccc(Cl)c(CN2C=[C]C(c3ccccc3OC3CC3)=CC2)c1. The minimum Gasteiger partial charge on any atom is -0.490 e. The Labute approximate surface area is 185 Å². The van der Waals surface area contributed by atoms with Gasteiger partial charge in [-0.25, -0.2) is 0 Å². The van der Waals surface area contributed by atoms with Crippen LogP contribution in [0.1, 0.15) is 55.2 Å². The summed E-state index contributed by atoms with van der Waals surface area (Å²) in [6.07, 6.45) is 12.6. The Bertz CT molecular complexity index is 932. The zero-order chi connectivity index (χ0) is 20.9. The van der Waals surface area contributed by atoms with Crippen molar-refractivity contribution in [3.05, 3.63) is 82.5 Å². The first-order valence-electron chi connectivity index (χ1n) is 10.9. The van der Waals surface area contributed by atoms with Gasteiger partial charge in [-0.05, 0) is 67.0 Å². The average molecular weight is 422 g/mol. The molecule has 4 rings (SSSR count). The van der Waals surface area contributed by atoms with Gasteiger partial charge in [0, 0.05) is 36.0 Å². The van der Waals surface area contributed by atoms with Gasteiger partial charge in [0.05, 0.1) is 6.10 Å². The lowest BCUT2D eigenvalue weighted by atomic mass is 9.94. The van der Waals surface area contributed by atoms with Crippen LogP contribution in [0.2, 0.25) is 5.02 Å². The summed E-state index contributed by atoms with van der Waals surface area (Å²) >= 11 is 6.51. The van der Waals surface area contributed by atoms with E-state index in [0.29, 0.717) is 12.0 Å². The molecule has 1 aliphatic heterocycles. The van der Waals surface area contributed by atoms with Crippen LogP contribution in [0.3, 0.4) is 0 Å². The second-order valence-corrected chi connectivity index (χ2v) is 8.72. The lowest BCUT2D eigenvalue weighted by Gasteiger charge is -2.24. The van der Waals surface area contributed by atoms with Crippen molar-refractivity contribution in [3.63, 3.8) is 0 Å². The lowest BCUT2D eigenvalue weighted by Crippen LogP contribution is -2.20. The predicted octanol–water partition coefficient (Wildman–Crippen LogP) is 5.94. The zero-order valence-electron chi connectivity index (χ0n) is 17.6. The Balaban J connectivity index is 1.43. The summed E-state index contributed by atoms with van der Waals surface area (Å²) in [5.41, 5.74) is 10.4. The van der Waals surface area contributed by atoms with Crippen molar-refractivity contribution >= 4 is 17.2 Å². The van der Waals surface area contributed by atoms with E-state index in [4.69, 9.17) is 22.1 Å². The largest absolute Gasteiger partial charge is 0.490 e. The van der Waals surface area contributed by atoms with Gasteiger partial charge in [0.15, 0.2) is 0 Å². The van der Waals surface area contributed by atoms with Gasteiger partial charge in [-0.2, -0.15) is 0 Å². The van der Waals surface area contributed by atoms with Crippen LogP contribution in [0.4, 0.5) is 0 Å². The number of nitrogens with two attached hydrogens (primary N) is 1. The first-order chi connectivity index (χ1) is 14.6. The van der Waals surface area contributed by atoms with Gasteiger partial charge < -0.3 is 15.4 Å². The van der Waals surface area contributed by atoms with Crippen molar-refractivity contribution in [2.75, 3.05) is 13.1 Å². The first kappa shape index (κ1) is 21.0. The summed E-state index contributed by atoms with van der Waals surface area (Å²) in [5.74, 6) is 1.45. The minimum absolute atomic E-state index is 0.387. The third kappa shape index (κ3) is 5.27. The van der Waals surface area contributed by atoms with E-state index in [1.165, 1.54) is 5.56 Å². The van der Waals surface area contributed by atoms with Crippen LogP contribution < -0.4 is 10.5 Å². The summed E-state index contributed by atoms with van der Waals surface area (Å²) in [5, 5.41) is 0.816. The topological polar surface area (TPSA) is 38.5 Å². The molecule has 1 radical (unpaired) electrons. The van der Waals surface area contributed by atoms with Crippen LogP contribution in [0.15, 0.2) is 54.7 Å². The molecule has 1 fully saturated rings. The quantitative estimate of drug-likeness (QED) is 0.544. The third-order valence-corrected chi connectivity index (χ3v) is 6.15. The summed E-state index contributed by atoms with van der Waals surface area (Å²) in [6, 6.07) is 14.7. The molecule has 1 unspecified atom stereocenters. The van der Waals surface area contributed by atoms with Gasteiger partial charge >= 0.3 is 0 Å². The van der Waals surface area contributed by atoms with Crippen LogP contribution in [0.5, 0.6) is 5.75 Å². The number of para-hydroxylation sites is 1. The maximum atomic E-state index is 6.51. The predicted molar refractivity (Wildman–Crippen MR) is 124 cm³/mol. The van der Waals surface area contributed by atoms with E-state index < -0.39 is 0 Å². The molecule has 2 aromatic rings. The number of nitrogens with zero attached hydrogens (tertiary/aromatic N) is 1. The molecule has 1 heterocycles. The van der Waals surface area contributed by atoms with Gasteiger partial charge in [-0.15, -0.1) is 0 Å². The number of benzene rings is 2. The molecule has 4 heteroatoms. The first-order valence-corrected chi connectivity index (χ1v) is 11.3. The van der Waals surface area contributed by atoms with Crippen LogP contribution >= 0.6 is 11.6 Å². The second-order valence-electron chi connectivity index (χ2n) is 8.32. The van der Waals surface area contributed by atoms with E-state index in [1.807, 2.05) is 18.3 Å². The van der Waals surface area contributed by atoms with Gasteiger partial charge in [0.2, 0.25) is 0 Å². The minimum atomic E-state index is 0.387. The zero-order valence-corrected chi connectivity index (χ0v) is 18.4. The highest BCUT2D eigenvalue weighted by atomic mass is 35.5.